The standard InChI is InChI=1S/C34H41NO10/c1-16(18(3)37)17(2)33(41)35-29-25(15-44-19(4)30(29)38)45-24-14-34(42,9-10-36)13-22-12-21-11-20-7-6-8-23(43-5)26(20)31(39)28(21)32(40)27(22)24/h6-8,12,19,24-25,29-30,36,38,40,42H,9-11,13-15H2,1-5H3,(H,35,41)/b17-16+/t19?,24-,25?,29?,30?,34-/m0/s1. The molecule has 11 nitrogen and oxygen atoms in total. The van der Waals surface area contributed by atoms with Crippen LogP contribution < -0.4 is 10.1 Å². The summed E-state index contributed by atoms with van der Waals surface area (Å²) in [5, 5.41) is 47.0. The van der Waals surface area contributed by atoms with Gasteiger partial charge < -0.3 is 40.0 Å². The fourth-order valence-electron chi connectivity index (χ4n) is 6.74. The molecule has 5 N–H and O–H groups in total. The number of aliphatic hydroxyl groups excluding tert-OH is 2. The summed E-state index contributed by atoms with van der Waals surface area (Å²) in [6.45, 7) is 5.78. The quantitative estimate of drug-likeness (QED) is 0.234. The highest BCUT2D eigenvalue weighted by atomic mass is 16.6. The summed E-state index contributed by atoms with van der Waals surface area (Å²) >= 11 is 0. The number of hydrogen-bond donors (Lipinski definition) is 5. The molecule has 45 heavy (non-hydrogen) atoms. The number of nitrogens with one attached hydrogen (secondary N) is 1. The number of rotatable bonds is 8. The number of ketones is 2. The van der Waals surface area contributed by atoms with Crippen LogP contribution in [0.2, 0.25) is 0 Å². The molecule has 0 spiro atoms. The molecule has 2 aromatic rings. The zero-order chi connectivity index (χ0) is 32.8. The lowest BCUT2D eigenvalue weighted by molar-refractivity contribution is -0.181. The minimum atomic E-state index is -1.40. The number of ether oxygens (including phenoxy) is 3. The molecule has 2 aromatic carbocycles. The monoisotopic (exact) mass is 623 g/mol. The van der Waals surface area contributed by atoms with Crippen molar-refractivity contribution in [1.82, 2.24) is 5.32 Å². The summed E-state index contributed by atoms with van der Waals surface area (Å²) in [6, 6.07) is 6.16. The number of aromatic hydroxyl groups is 1. The van der Waals surface area contributed by atoms with Gasteiger partial charge in [0.2, 0.25) is 11.7 Å². The van der Waals surface area contributed by atoms with E-state index in [0.29, 0.717) is 34.4 Å². The first kappa shape index (κ1) is 32.8. The van der Waals surface area contributed by atoms with E-state index in [-0.39, 0.29) is 60.7 Å². The number of carbonyl (C=O) groups excluding carboxylic acids is 3. The molecule has 1 saturated heterocycles. The van der Waals surface area contributed by atoms with Gasteiger partial charge in [-0.25, -0.2) is 0 Å². The van der Waals surface area contributed by atoms with E-state index in [2.05, 4.69) is 5.32 Å². The van der Waals surface area contributed by atoms with Gasteiger partial charge in [-0.15, -0.1) is 0 Å². The van der Waals surface area contributed by atoms with Crippen LogP contribution in [0, 0.1) is 0 Å². The first-order valence-corrected chi connectivity index (χ1v) is 15.2. The maximum absolute atomic E-state index is 13.8. The Labute approximate surface area is 261 Å². The largest absolute Gasteiger partial charge is 0.507 e. The second kappa shape index (κ2) is 12.6. The van der Waals surface area contributed by atoms with Gasteiger partial charge in [-0.05, 0) is 63.3 Å². The number of Topliss-reactive ketones (excluding diaryl/α,β-unsaturated/α-hetero) is 1. The van der Waals surface area contributed by atoms with Crippen molar-refractivity contribution in [3.8, 4) is 11.5 Å². The van der Waals surface area contributed by atoms with E-state index in [1.54, 1.807) is 32.0 Å². The normalized spacial score (nSPS) is 27.9. The third-order valence-electron chi connectivity index (χ3n) is 9.50. The van der Waals surface area contributed by atoms with Crippen LogP contribution >= 0.6 is 0 Å². The fraction of sp³-hybridized carbons (Fsp3) is 0.500. The van der Waals surface area contributed by atoms with Gasteiger partial charge in [-0.1, -0.05) is 18.2 Å². The predicted octanol–water partition coefficient (Wildman–Crippen LogP) is 2.21. The Balaban J connectivity index is 1.55. The minimum absolute atomic E-state index is 0.0307. The maximum Gasteiger partial charge on any atom is 0.247 e. The Morgan fingerprint density at radius 1 is 1.11 bits per heavy atom. The van der Waals surface area contributed by atoms with E-state index < -0.39 is 47.7 Å². The SMILES string of the molecule is COc1cccc2c1C(=O)c1c(cc3c(c1O)[C@@H](OC1COC(C)C(O)C1NC(=O)/C(C)=C(\C)C(C)=O)C[C@](O)(CCO)C3)C2. The summed E-state index contributed by atoms with van der Waals surface area (Å²) in [5.74, 6) is -1.06. The van der Waals surface area contributed by atoms with Crippen molar-refractivity contribution in [3.05, 3.63) is 68.8 Å². The lowest BCUT2D eigenvalue weighted by Crippen LogP contribution is -2.61. The predicted molar refractivity (Wildman–Crippen MR) is 162 cm³/mol. The van der Waals surface area contributed by atoms with Crippen LogP contribution in [0.25, 0.3) is 0 Å². The Morgan fingerprint density at radius 3 is 2.51 bits per heavy atom. The van der Waals surface area contributed by atoms with Gasteiger partial charge in [0.15, 0.2) is 5.78 Å². The molecule has 0 bridgehead atoms. The van der Waals surface area contributed by atoms with Crippen molar-refractivity contribution >= 4 is 17.5 Å². The first-order valence-electron chi connectivity index (χ1n) is 15.2. The smallest absolute Gasteiger partial charge is 0.247 e. The van der Waals surface area contributed by atoms with Crippen LogP contribution in [-0.4, -0.2) is 88.2 Å². The first-order chi connectivity index (χ1) is 21.3. The Hall–Kier alpha value is -3.61. The minimum Gasteiger partial charge on any atom is -0.507 e. The lowest BCUT2D eigenvalue weighted by atomic mass is 9.73. The van der Waals surface area contributed by atoms with E-state index in [9.17, 15) is 34.8 Å². The molecular weight excluding hydrogens is 582 g/mol. The number of fused-ring (bicyclic) bond motifs is 3. The van der Waals surface area contributed by atoms with Crippen molar-refractivity contribution in [2.75, 3.05) is 20.3 Å². The Bertz CT molecular complexity index is 1560. The van der Waals surface area contributed by atoms with Crippen molar-refractivity contribution in [1.29, 1.82) is 0 Å². The molecule has 2 aliphatic carbocycles. The van der Waals surface area contributed by atoms with Crippen LogP contribution in [0.3, 0.4) is 0 Å². The average Bonchev–Trinajstić information content (AvgIpc) is 2.99. The highest BCUT2D eigenvalue weighted by Gasteiger charge is 2.46. The van der Waals surface area contributed by atoms with Crippen molar-refractivity contribution in [3.63, 3.8) is 0 Å². The molecule has 1 fully saturated rings. The summed E-state index contributed by atoms with van der Waals surface area (Å²) in [7, 11) is 1.48. The summed E-state index contributed by atoms with van der Waals surface area (Å²) < 4.78 is 17.7. The zero-order valence-corrected chi connectivity index (χ0v) is 26.2. The number of amides is 1. The van der Waals surface area contributed by atoms with E-state index in [4.69, 9.17) is 14.2 Å². The summed E-state index contributed by atoms with van der Waals surface area (Å²) in [4.78, 5) is 38.9. The fourth-order valence-corrected chi connectivity index (χ4v) is 6.74. The van der Waals surface area contributed by atoms with Gasteiger partial charge in [0.1, 0.15) is 23.7 Å². The molecule has 11 heteroatoms. The van der Waals surface area contributed by atoms with Crippen LogP contribution in [-0.2, 0) is 31.9 Å². The molecular formula is C34H41NO10. The van der Waals surface area contributed by atoms with Gasteiger partial charge in [0.25, 0.3) is 0 Å². The molecule has 242 valence electrons. The van der Waals surface area contributed by atoms with Gasteiger partial charge >= 0.3 is 0 Å². The molecule has 0 saturated carbocycles. The number of phenolic OH excluding ortho intramolecular Hbond substituents is 1. The molecule has 5 rings (SSSR count). The molecule has 0 aromatic heterocycles. The molecule has 4 unspecified atom stereocenters. The van der Waals surface area contributed by atoms with Crippen LogP contribution in [0.1, 0.15) is 84.8 Å². The molecule has 0 radical (unpaired) electrons. The number of phenols is 1. The van der Waals surface area contributed by atoms with Gasteiger partial charge in [0, 0.05) is 36.2 Å². The molecule has 6 atom stereocenters. The van der Waals surface area contributed by atoms with Crippen molar-refractivity contribution < 1.29 is 49.0 Å². The van der Waals surface area contributed by atoms with E-state index in [1.807, 2.05) is 6.07 Å². The molecule has 1 heterocycles. The number of aliphatic hydroxyl groups is 3. The Morgan fingerprint density at radius 2 is 1.84 bits per heavy atom. The zero-order valence-electron chi connectivity index (χ0n) is 26.2. The van der Waals surface area contributed by atoms with Crippen molar-refractivity contribution in [2.45, 2.75) is 89.4 Å². The Kier molecular flexibility index (Phi) is 9.21. The van der Waals surface area contributed by atoms with E-state index in [0.717, 1.165) is 5.56 Å². The number of methoxy groups -OCH3 is 1. The van der Waals surface area contributed by atoms with Crippen molar-refractivity contribution in [2.24, 2.45) is 0 Å². The third-order valence-corrected chi connectivity index (χ3v) is 9.50. The second-order valence-corrected chi connectivity index (χ2v) is 12.4. The maximum atomic E-state index is 13.8. The number of allylic oxidation sites excluding steroid dienone is 1. The molecule has 1 amide bonds. The summed E-state index contributed by atoms with van der Waals surface area (Å²) in [6.07, 6.45) is -3.28. The second-order valence-electron chi connectivity index (χ2n) is 12.4. The number of carbonyl (C=O) groups is 3. The molecule has 1 aliphatic heterocycles. The summed E-state index contributed by atoms with van der Waals surface area (Å²) in [5.41, 5.74) is 1.84. The average molecular weight is 624 g/mol. The van der Waals surface area contributed by atoms with Gasteiger partial charge in [0.05, 0.1) is 48.7 Å². The van der Waals surface area contributed by atoms with E-state index >= 15 is 0 Å². The topological polar surface area (TPSA) is 172 Å². The third kappa shape index (κ3) is 6.03. The van der Waals surface area contributed by atoms with Gasteiger partial charge in [-0.3, -0.25) is 14.4 Å². The van der Waals surface area contributed by atoms with Crippen LogP contribution in [0.5, 0.6) is 11.5 Å². The van der Waals surface area contributed by atoms with Crippen LogP contribution in [0.15, 0.2) is 35.4 Å². The van der Waals surface area contributed by atoms with Crippen LogP contribution in [0.4, 0.5) is 0 Å². The van der Waals surface area contributed by atoms with Gasteiger partial charge in [-0.2, -0.15) is 0 Å². The lowest BCUT2D eigenvalue weighted by Gasteiger charge is -2.44. The number of benzene rings is 2. The highest BCUT2D eigenvalue weighted by Crippen LogP contribution is 2.49. The highest BCUT2D eigenvalue weighted by molar-refractivity contribution is 6.16. The van der Waals surface area contributed by atoms with E-state index in [1.165, 1.54) is 21.0 Å². The molecule has 3 aliphatic rings. The number of hydrogen-bond acceptors (Lipinski definition) is 10.